The lowest BCUT2D eigenvalue weighted by atomic mass is 9.98. The highest BCUT2D eigenvalue weighted by molar-refractivity contribution is 5.86. The maximum Gasteiger partial charge on any atom is 0.240 e. The molecule has 0 atom stereocenters. The number of nitrogens with one attached hydrogen (secondary N) is 1. The average molecular weight is 228 g/mol. The summed E-state index contributed by atoms with van der Waals surface area (Å²) in [6.07, 6.45) is 5.77. The molecule has 1 rings (SSSR count). The summed E-state index contributed by atoms with van der Waals surface area (Å²) in [5, 5.41) is 2.92. The molecule has 0 saturated heterocycles. The molecule has 0 aliphatic heterocycles. The molecule has 1 fully saturated rings. The predicted molar refractivity (Wildman–Crippen MR) is 64.1 cm³/mol. The van der Waals surface area contributed by atoms with Crippen LogP contribution in [-0.4, -0.2) is 31.2 Å². The molecule has 4 heteroatoms. The second kappa shape index (κ2) is 6.86. The van der Waals surface area contributed by atoms with E-state index < -0.39 is 5.54 Å². The summed E-state index contributed by atoms with van der Waals surface area (Å²) >= 11 is 0. The van der Waals surface area contributed by atoms with Gasteiger partial charge in [-0.1, -0.05) is 12.8 Å². The standard InChI is InChI=1S/C12H24N2O2/c1-2-16-10-6-5-9-14-11(15)12(13)7-3-4-8-12/h2-10,13H2,1H3,(H,14,15). The Hall–Kier alpha value is -0.610. The van der Waals surface area contributed by atoms with Crippen LogP contribution in [0.4, 0.5) is 0 Å². The third kappa shape index (κ3) is 4.10. The first kappa shape index (κ1) is 13.5. The molecule has 3 N–H and O–H groups in total. The zero-order chi connectivity index (χ0) is 11.9. The van der Waals surface area contributed by atoms with Crippen LogP contribution in [-0.2, 0) is 9.53 Å². The molecule has 1 amide bonds. The average Bonchev–Trinajstić information content (AvgIpc) is 2.71. The van der Waals surface area contributed by atoms with E-state index in [9.17, 15) is 4.79 Å². The number of hydrogen-bond acceptors (Lipinski definition) is 3. The van der Waals surface area contributed by atoms with E-state index in [0.717, 1.165) is 51.7 Å². The van der Waals surface area contributed by atoms with Crippen molar-refractivity contribution in [2.45, 2.75) is 51.0 Å². The van der Waals surface area contributed by atoms with E-state index in [1.165, 1.54) is 0 Å². The van der Waals surface area contributed by atoms with Gasteiger partial charge < -0.3 is 15.8 Å². The lowest BCUT2D eigenvalue weighted by Gasteiger charge is -2.22. The van der Waals surface area contributed by atoms with Gasteiger partial charge in [0.2, 0.25) is 5.91 Å². The maximum absolute atomic E-state index is 11.8. The molecule has 1 aliphatic rings. The van der Waals surface area contributed by atoms with Crippen LogP contribution in [0.15, 0.2) is 0 Å². The van der Waals surface area contributed by atoms with Crippen molar-refractivity contribution in [1.82, 2.24) is 5.32 Å². The Labute approximate surface area is 97.9 Å². The maximum atomic E-state index is 11.8. The monoisotopic (exact) mass is 228 g/mol. The van der Waals surface area contributed by atoms with Crippen LogP contribution in [0, 0.1) is 0 Å². The number of amides is 1. The fourth-order valence-electron chi connectivity index (χ4n) is 2.08. The van der Waals surface area contributed by atoms with Crippen LogP contribution >= 0.6 is 0 Å². The summed E-state index contributed by atoms with van der Waals surface area (Å²) in [6.45, 7) is 4.24. The van der Waals surface area contributed by atoms with Gasteiger partial charge >= 0.3 is 0 Å². The predicted octanol–water partition coefficient (Wildman–Crippen LogP) is 1.19. The summed E-state index contributed by atoms with van der Waals surface area (Å²) in [6, 6.07) is 0. The molecule has 4 nitrogen and oxygen atoms in total. The summed E-state index contributed by atoms with van der Waals surface area (Å²) in [5.41, 5.74) is 5.44. The van der Waals surface area contributed by atoms with E-state index >= 15 is 0 Å². The van der Waals surface area contributed by atoms with E-state index in [2.05, 4.69) is 5.32 Å². The van der Waals surface area contributed by atoms with Gasteiger partial charge in [0.15, 0.2) is 0 Å². The first-order valence-corrected chi connectivity index (χ1v) is 6.34. The van der Waals surface area contributed by atoms with Crippen molar-refractivity contribution < 1.29 is 9.53 Å². The second-order valence-electron chi connectivity index (χ2n) is 4.52. The summed E-state index contributed by atoms with van der Waals surface area (Å²) < 4.78 is 5.22. The normalized spacial score (nSPS) is 18.6. The second-order valence-corrected chi connectivity index (χ2v) is 4.52. The topological polar surface area (TPSA) is 64.3 Å². The minimum absolute atomic E-state index is 0.0291. The zero-order valence-corrected chi connectivity index (χ0v) is 10.3. The van der Waals surface area contributed by atoms with Gasteiger partial charge in [-0.15, -0.1) is 0 Å². The Bertz CT molecular complexity index is 213. The number of nitrogens with two attached hydrogens (primary N) is 1. The highest BCUT2D eigenvalue weighted by Crippen LogP contribution is 2.27. The highest BCUT2D eigenvalue weighted by atomic mass is 16.5. The number of carbonyl (C=O) groups excluding carboxylic acids is 1. The lowest BCUT2D eigenvalue weighted by Crippen LogP contribution is -2.52. The van der Waals surface area contributed by atoms with Gasteiger partial charge in [0.05, 0.1) is 5.54 Å². The molecular formula is C12H24N2O2. The Morgan fingerprint density at radius 1 is 1.38 bits per heavy atom. The van der Waals surface area contributed by atoms with Crippen molar-refractivity contribution >= 4 is 5.91 Å². The van der Waals surface area contributed by atoms with E-state index in [1.807, 2.05) is 6.92 Å². The van der Waals surface area contributed by atoms with Crippen molar-refractivity contribution in [3.8, 4) is 0 Å². The SMILES string of the molecule is CCOCCCCNC(=O)C1(N)CCCC1. The molecule has 0 bridgehead atoms. The van der Waals surface area contributed by atoms with Crippen molar-refractivity contribution in [1.29, 1.82) is 0 Å². The van der Waals surface area contributed by atoms with Gasteiger partial charge in [-0.25, -0.2) is 0 Å². The fourth-order valence-corrected chi connectivity index (χ4v) is 2.08. The number of rotatable bonds is 7. The van der Waals surface area contributed by atoms with E-state index in [-0.39, 0.29) is 5.91 Å². The van der Waals surface area contributed by atoms with Crippen LogP contribution in [0.25, 0.3) is 0 Å². The van der Waals surface area contributed by atoms with E-state index in [1.54, 1.807) is 0 Å². The lowest BCUT2D eigenvalue weighted by molar-refractivity contribution is -0.126. The largest absolute Gasteiger partial charge is 0.382 e. The first-order chi connectivity index (χ1) is 7.69. The fraction of sp³-hybridized carbons (Fsp3) is 0.917. The molecule has 0 unspecified atom stereocenters. The summed E-state index contributed by atoms with van der Waals surface area (Å²) in [4.78, 5) is 11.8. The van der Waals surface area contributed by atoms with Crippen molar-refractivity contribution in [2.75, 3.05) is 19.8 Å². The Morgan fingerprint density at radius 3 is 2.69 bits per heavy atom. The quantitative estimate of drug-likeness (QED) is 0.643. The van der Waals surface area contributed by atoms with Crippen molar-refractivity contribution in [3.05, 3.63) is 0 Å². The van der Waals surface area contributed by atoms with Gasteiger partial charge in [0.25, 0.3) is 0 Å². The molecule has 0 heterocycles. The third-order valence-electron chi connectivity index (χ3n) is 3.15. The number of carbonyl (C=O) groups is 1. The zero-order valence-electron chi connectivity index (χ0n) is 10.3. The van der Waals surface area contributed by atoms with Gasteiger partial charge in [-0.05, 0) is 32.6 Å². The first-order valence-electron chi connectivity index (χ1n) is 6.34. The summed E-state index contributed by atoms with van der Waals surface area (Å²) in [5.74, 6) is 0.0291. The molecule has 0 aromatic heterocycles. The Balaban J connectivity index is 2.06. The van der Waals surface area contributed by atoms with Crippen LogP contribution in [0.1, 0.15) is 45.4 Å². The van der Waals surface area contributed by atoms with Crippen LogP contribution in [0.5, 0.6) is 0 Å². The van der Waals surface area contributed by atoms with Gasteiger partial charge in [-0.3, -0.25) is 4.79 Å². The number of ether oxygens (including phenoxy) is 1. The molecule has 0 aromatic rings. The molecule has 1 saturated carbocycles. The van der Waals surface area contributed by atoms with Crippen LogP contribution in [0.3, 0.4) is 0 Å². The van der Waals surface area contributed by atoms with E-state index in [0.29, 0.717) is 6.54 Å². The minimum atomic E-state index is -0.583. The third-order valence-corrected chi connectivity index (χ3v) is 3.15. The van der Waals surface area contributed by atoms with Crippen LogP contribution in [0.2, 0.25) is 0 Å². The molecule has 1 aliphatic carbocycles. The molecule has 16 heavy (non-hydrogen) atoms. The number of hydrogen-bond donors (Lipinski definition) is 2. The molecule has 94 valence electrons. The minimum Gasteiger partial charge on any atom is -0.382 e. The number of unbranched alkanes of at least 4 members (excludes halogenated alkanes) is 1. The Morgan fingerprint density at radius 2 is 2.06 bits per heavy atom. The van der Waals surface area contributed by atoms with Crippen molar-refractivity contribution in [2.24, 2.45) is 5.73 Å². The van der Waals surface area contributed by atoms with Crippen molar-refractivity contribution in [3.63, 3.8) is 0 Å². The van der Waals surface area contributed by atoms with Gasteiger partial charge in [0, 0.05) is 19.8 Å². The molecular weight excluding hydrogens is 204 g/mol. The Kier molecular flexibility index (Phi) is 5.77. The molecule has 0 spiro atoms. The highest BCUT2D eigenvalue weighted by Gasteiger charge is 2.36. The molecule has 0 aromatic carbocycles. The molecule has 0 radical (unpaired) electrons. The van der Waals surface area contributed by atoms with Gasteiger partial charge in [0.1, 0.15) is 0 Å². The smallest absolute Gasteiger partial charge is 0.240 e. The van der Waals surface area contributed by atoms with Crippen LogP contribution < -0.4 is 11.1 Å². The van der Waals surface area contributed by atoms with E-state index in [4.69, 9.17) is 10.5 Å². The van der Waals surface area contributed by atoms with Gasteiger partial charge in [-0.2, -0.15) is 0 Å². The summed E-state index contributed by atoms with van der Waals surface area (Å²) in [7, 11) is 0.